The Balaban J connectivity index is 1.98. The number of amides is 1. The number of carbonyl (C=O) groups is 1. The Morgan fingerprint density at radius 3 is 2.82 bits per heavy atom. The minimum atomic E-state index is 0.214. The third-order valence-corrected chi connectivity index (χ3v) is 3.37. The van der Waals surface area contributed by atoms with Crippen LogP contribution in [0.4, 0.5) is 0 Å². The molecule has 2 N–H and O–H groups in total. The number of likely N-dealkylation sites (tertiary alicyclic amines) is 1. The molecule has 1 aromatic rings. The predicted octanol–water partition coefficient (Wildman–Crippen LogP) is 1.57. The number of nitrogens with zero attached hydrogens (tertiary/aromatic N) is 1. The molecule has 1 heterocycles. The van der Waals surface area contributed by atoms with Crippen molar-refractivity contribution in [2.24, 2.45) is 5.73 Å². The summed E-state index contributed by atoms with van der Waals surface area (Å²) in [4.78, 5) is 13.9. The number of rotatable bonds is 4. The van der Waals surface area contributed by atoms with Gasteiger partial charge in [0.1, 0.15) is 0 Å². The highest BCUT2D eigenvalue weighted by molar-refractivity contribution is 5.77. The molecule has 0 spiro atoms. The number of nitrogens with two attached hydrogens (primary N) is 1. The predicted molar refractivity (Wildman–Crippen MR) is 68.6 cm³/mol. The molecule has 1 atom stereocenters. The van der Waals surface area contributed by atoms with E-state index in [1.165, 1.54) is 5.56 Å². The van der Waals surface area contributed by atoms with E-state index < -0.39 is 0 Å². The average molecular weight is 232 g/mol. The van der Waals surface area contributed by atoms with Crippen molar-refractivity contribution in [3.8, 4) is 0 Å². The van der Waals surface area contributed by atoms with Crippen LogP contribution < -0.4 is 5.73 Å². The summed E-state index contributed by atoms with van der Waals surface area (Å²) in [5.74, 6) is 0.214. The molecular weight excluding hydrogens is 212 g/mol. The Morgan fingerprint density at radius 2 is 2.12 bits per heavy atom. The van der Waals surface area contributed by atoms with E-state index in [1.807, 2.05) is 11.0 Å². The lowest BCUT2D eigenvalue weighted by Gasteiger charge is -2.24. The number of hydrogen-bond donors (Lipinski definition) is 1. The van der Waals surface area contributed by atoms with Gasteiger partial charge in [0.05, 0.1) is 0 Å². The van der Waals surface area contributed by atoms with E-state index in [0.717, 1.165) is 25.8 Å². The van der Waals surface area contributed by atoms with Crippen LogP contribution in [0.5, 0.6) is 0 Å². The fourth-order valence-electron chi connectivity index (χ4n) is 2.53. The Morgan fingerprint density at radius 1 is 1.35 bits per heavy atom. The molecule has 0 saturated carbocycles. The number of benzene rings is 1. The topological polar surface area (TPSA) is 46.3 Å². The van der Waals surface area contributed by atoms with E-state index in [9.17, 15) is 4.79 Å². The Labute approximate surface area is 103 Å². The minimum Gasteiger partial charge on any atom is -0.339 e. The van der Waals surface area contributed by atoms with Crippen molar-refractivity contribution in [3.63, 3.8) is 0 Å². The van der Waals surface area contributed by atoms with Gasteiger partial charge in [-0.3, -0.25) is 4.79 Å². The highest BCUT2D eigenvalue weighted by Crippen LogP contribution is 2.21. The largest absolute Gasteiger partial charge is 0.339 e. The molecule has 0 aromatic heterocycles. The summed E-state index contributed by atoms with van der Waals surface area (Å²) in [5, 5.41) is 0. The first-order valence-corrected chi connectivity index (χ1v) is 6.34. The zero-order valence-corrected chi connectivity index (χ0v) is 10.1. The first kappa shape index (κ1) is 12.1. The molecule has 3 heteroatoms. The third-order valence-electron chi connectivity index (χ3n) is 3.37. The summed E-state index contributed by atoms with van der Waals surface area (Å²) in [7, 11) is 0. The van der Waals surface area contributed by atoms with E-state index >= 15 is 0 Å². The molecule has 1 saturated heterocycles. The fourth-order valence-corrected chi connectivity index (χ4v) is 2.53. The summed E-state index contributed by atoms with van der Waals surface area (Å²) in [6.07, 6.45) is 3.68. The van der Waals surface area contributed by atoms with Crippen LogP contribution in [-0.4, -0.2) is 29.9 Å². The van der Waals surface area contributed by atoms with Crippen molar-refractivity contribution in [1.82, 2.24) is 4.90 Å². The minimum absolute atomic E-state index is 0.214. The summed E-state index contributed by atoms with van der Waals surface area (Å²) in [6.45, 7) is 1.35. The van der Waals surface area contributed by atoms with Crippen molar-refractivity contribution in [2.75, 3.05) is 13.1 Å². The van der Waals surface area contributed by atoms with Gasteiger partial charge in [-0.1, -0.05) is 30.3 Å². The first-order valence-electron chi connectivity index (χ1n) is 6.34. The van der Waals surface area contributed by atoms with Crippen molar-refractivity contribution in [2.45, 2.75) is 31.7 Å². The van der Waals surface area contributed by atoms with Gasteiger partial charge >= 0.3 is 0 Å². The molecular formula is C14H20N2O. The molecule has 3 nitrogen and oxygen atoms in total. The van der Waals surface area contributed by atoms with Crippen LogP contribution in [0, 0.1) is 0 Å². The van der Waals surface area contributed by atoms with Crippen molar-refractivity contribution in [1.29, 1.82) is 0 Å². The summed E-state index contributed by atoms with van der Waals surface area (Å²) >= 11 is 0. The molecule has 2 rings (SSSR count). The molecule has 0 bridgehead atoms. The van der Waals surface area contributed by atoms with Crippen LogP contribution in [0.1, 0.15) is 24.8 Å². The normalized spacial score (nSPS) is 19.6. The average Bonchev–Trinajstić information content (AvgIpc) is 2.79. The third kappa shape index (κ3) is 3.07. The van der Waals surface area contributed by atoms with E-state index in [1.54, 1.807) is 0 Å². The van der Waals surface area contributed by atoms with Gasteiger partial charge in [0.2, 0.25) is 5.91 Å². The molecule has 17 heavy (non-hydrogen) atoms. The molecule has 92 valence electrons. The van der Waals surface area contributed by atoms with Crippen molar-refractivity contribution in [3.05, 3.63) is 35.9 Å². The first-order chi connectivity index (χ1) is 8.31. The fraction of sp³-hybridized carbons (Fsp3) is 0.500. The lowest BCUT2D eigenvalue weighted by Crippen LogP contribution is -2.37. The standard InChI is InChI=1S/C14H20N2O/c15-9-8-14(17)16-10-4-7-13(16)11-12-5-2-1-3-6-12/h1-3,5-6,13H,4,7-11,15H2. The monoisotopic (exact) mass is 232 g/mol. The zero-order chi connectivity index (χ0) is 12.1. The Kier molecular flexibility index (Phi) is 4.15. The van der Waals surface area contributed by atoms with E-state index in [-0.39, 0.29) is 5.91 Å². The molecule has 1 amide bonds. The Hall–Kier alpha value is -1.35. The van der Waals surface area contributed by atoms with Crippen LogP contribution in [0.2, 0.25) is 0 Å². The van der Waals surface area contributed by atoms with Crippen molar-refractivity contribution < 1.29 is 4.79 Å². The second-order valence-corrected chi connectivity index (χ2v) is 4.61. The highest BCUT2D eigenvalue weighted by atomic mass is 16.2. The second kappa shape index (κ2) is 5.82. The number of carbonyl (C=O) groups excluding carboxylic acids is 1. The lowest BCUT2D eigenvalue weighted by atomic mass is 10.0. The summed E-state index contributed by atoms with van der Waals surface area (Å²) < 4.78 is 0. The Bertz CT molecular complexity index is 364. The van der Waals surface area contributed by atoms with Crippen LogP contribution in [0.25, 0.3) is 0 Å². The summed E-state index contributed by atoms with van der Waals surface area (Å²) in [5.41, 5.74) is 6.76. The van der Waals surface area contributed by atoms with Crippen LogP contribution in [0.3, 0.4) is 0 Å². The maximum Gasteiger partial charge on any atom is 0.224 e. The molecule has 0 radical (unpaired) electrons. The molecule has 1 fully saturated rings. The van der Waals surface area contributed by atoms with E-state index in [4.69, 9.17) is 5.73 Å². The maximum atomic E-state index is 11.9. The van der Waals surface area contributed by atoms with Gasteiger partial charge in [0.15, 0.2) is 0 Å². The van der Waals surface area contributed by atoms with Gasteiger partial charge < -0.3 is 10.6 Å². The molecule has 1 aliphatic rings. The molecule has 1 aliphatic heterocycles. The van der Waals surface area contributed by atoms with Gasteiger partial charge in [-0.05, 0) is 24.8 Å². The lowest BCUT2D eigenvalue weighted by molar-refractivity contribution is -0.131. The quantitative estimate of drug-likeness (QED) is 0.856. The zero-order valence-electron chi connectivity index (χ0n) is 10.1. The van der Waals surface area contributed by atoms with Gasteiger partial charge in [-0.15, -0.1) is 0 Å². The molecule has 1 unspecified atom stereocenters. The molecule has 1 aromatic carbocycles. The second-order valence-electron chi connectivity index (χ2n) is 4.61. The van der Waals surface area contributed by atoms with E-state index in [0.29, 0.717) is 19.0 Å². The van der Waals surface area contributed by atoms with Crippen molar-refractivity contribution >= 4 is 5.91 Å². The van der Waals surface area contributed by atoms with Gasteiger partial charge in [0, 0.05) is 25.6 Å². The SMILES string of the molecule is NCCC(=O)N1CCCC1Cc1ccccc1. The van der Waals surface area contributed by atoms with Crippen LogP contribution in [0.15, 0.2) is 30.3 Å². The highest BCUT2D eigenvalue weighted by Gasteiger charge is 2.27. The molecule has 0 aliphatic carbocycles. The van der Waals surface area contributed by atoms with Gasteiger partial charge in [0.25, 0.3) is 0 Å². The smallest absolute Gasteiger partial charge is 0.224 e. The number of hydrogen-bond acceptors (Lipinski definition) is 2. The van der Waals surface area contributed by atoms with Crippen LogP contribution >= 0.6 is 0 Å². The maximum absolute atomic E-state index is 11.9. The van der Waals surface area contributed by atoms with E-state index in [2.05, 4.69) is 24.3 Å². The summed E-state index contributed by atoms with van der Waals surface area (Å²) in [6, 6.07) is 10.8. The van der Waals surface area contributed by atoms with Gasteiger partial charge in [-0.2, -0.15) is 0 Å². The van der Waals surface area contributed by atoms with Crippen LogP contribution in [-0.2, 0) is 11.2 Å². The van der Waals surface area contributed by atoms with Gasteiger partial charge in [-0.25, -0.2) is 0 Å².